The third-order valence-corrected chi connectivity index (χ3v) is 11.6. The van der Waals surface area contributed by atoms with E-state index in [1.165, 1.54) is 148 Å². The van der Waals surface area contributed by atoms with Crippen molar-refractivity contribution < 1.29 is 28.6 Å². The second kappa shape index (κ2) is 50.3. The Balaban J connectivity index is 4.39. The van der Waals surface area contributed by atoms with Crippen LogP contribution in [0.2, 0.25) is 0 Å². The maximum absolute atomic E-state index is 12.8. The van der Waals surface area contributed by atoms with Crippen LogP contribution in [0.3, 0.4) is 0 Å². The Labute approximate surface area is 378 Å². The summed E-state index contributed by atoms with van der Waals surface area (Å²) in [4.78, 5) is 38.0. The largest absolute Gasteiger partial charge is 0.462 e. The van der Waals surface area contributed by atoms with Crippen LogP contribution in [-0.2, 0) is 28.6 Å². The predicted octanol–water partition coefficient (Wildman–Crippen LogP) is 17.3. The lowest BCUT2D eigenvalue weighted by Crippen LogP contribution is -2.30. The Morgan fingerprint density at radius 1 is 0.328 bits per heavy atom. The van der Waals surface area contributed by atoms with Gasteiger partial charge in [-0.05, 0) is 77.0 Å². The van der Waals surface area contributed by atoms with Crippen LogP contribution < -0.4 is 0 Å². The van der Waals surface area contributed by atoms with Gasteiger partial charge in [0.2, 0.25) is 0 Å². The van der Waals surface area contributed by atoms with Gasteiger partial charge in [0.05, 0.1) is 0 Å². The Kier molecular flexibility index (Phi) is 48.3. The first kappa shape index (κ1) is 58.6. The molecule has 356 valence electrons. The van der Waals surface area contributed by atoms with Crippen LogP contribution >= 0.6 is 0 Å². The van der Waals surface area contributed by atoms with E-state index in [1.807, 2.05) is 0 Å². The molecule has 0 saturated heterocycles. The summed E-state index contributed by atoms with van der Waals surface area (Å²) >= 11 is 0. The molecule has 0 spiro atoms. The molecular weight excluding hydrogens is 757 g/mol. The van der Waals surface area contributed by atoms with Crippen molar-refractivity contribution in [3.63, 3.8) is 0 Å². The zero-order valence-corrected chi connectivity index (χ0v) is 40.7. The molecule has 0 aliphatic rings. The van der Waals surface area contributed by atoms with Crippen LogP contribution in [0, 0.1) is 0 Å². The highest BCUT2D eigenvalue weighted by atomic mass is 16.6. The van der Waals surface area contributed by atoms with E-state index < -0.39 is 6.10 Å². The van der Waals surface area contributed by atoms with Crippen molar-refractivity contribution in [3.05, 3.63) is 36.5 Å². The minimum absolute atomic E-state index is 0.0775. The van der Waals surface area contributed by atoms with Crippen LogP contribution in [0.5, 0.6) is 0 Å². The fourth-order valence-electron chi connectivity index (χ4n) is 7.59. The van der Waals surface area contributed by atoms with Crippen molar-refractivity contribution in [2.24, 2.45) is 0 Å². The van der Waals surface area contributed by atoms with Crippen LogP contribution in [0.25, 0.3) is 0 Å². The summed E-state index contributed by atoms with van der Waals surface area (Å²) in [5, 5.41) is 0. The fourth-order valence-corrected chi connectivity index (χ4v) is 7.59. The number of unbranched alkanes of at least 4 members (excludes halogenated alkanes) is 31. The summed E-state index contributed by atoms with van der Waals surface area (Å²) in [6, 6.07) is 0. The van der Waals surface area contributed by atoms with Crippen LogP contribution in [0.1, 0.15) is 278 Å². The van der Waals surface area contributed by atoms with E-state index in [4.69, 9.17) is 14.2 Å². The highest BCUT2D eigenvalue weighted by molar-refractivity contribution is 5.71. The normalized spacial score (nSPS) is 12.2. The lowest BCUT2D eigenvalue weighted by Gasteiger charge is -2.18. The monoisotopic (exact) mass is 857 g/mol. The van der Waals surface area contributed by atoms with Crippen molar-refractivity contribution in [3.8, 4) is 0 Å². The Morgan fingerprint density at radius 3 is 0.951 bits per heavy atom. The third-order valence-electron chi connectivity index (χ3n) is 11.6. The molecule has 0 aromatic heterocycles. The van der Waals surface area contributed by atoms with Gasteiger partial charge in [0.15, 0.2) is 6.10 Å². The van der Waals surface area contributed by atoms with Gasteiger partial charge in [0.25, 0.3) is 0 Å². The van der Waals surface area contributed by atoms with E-state index in [2.05, 4.69) is 57.2 Å². The molecule has 0 unspecified atom stereocenters. The van der Waals surface area contributed by atoms with Gasteiger partial charge in [-0.1, -0.05) is 218 Å². The van der Waals surface area contributed by atoms with Crippen molar-refractivity contribution in [1.29, 1.82) is 0 Å². The van der Waals surface area contributed by atoms with Gasteiger partial charge in [-0.25, -0.2) is 0 Å². The number of hydrogen-bond donors (Lipinski definition) is 0. The fraction of sp³-hybridized carbons (Fsp3) is 0.836. The van der Waals surface area contributed by atoms with E-state index in [9.17, 15) is 14.4 Å². The molecule has 0 aromatic carbocycles. The van der Waals surface area contributed by atoms with Crippen LogP contribution in [0.15, 0.2) is 36.5 Å². The van der Waals surface area contributed by atoms with E-state index in [-0.39, 0.29) is 31.1 Å². The van der Waals surface area contributed by atoms with Crippen molar-refractivity contribution in [2.75, 3.05) is 13.2 Å². The maximum atomic E-state index is 12.8. The summed E-state index contributed by atoms with van der Waals surface area (Å²) in [5.74, 6) is -0.889. The van der Waals surface area contributed by atoms with Crippen LogP contribution in [0.4, 0.5) is 0 Å². The first-order valence-corrected chi connectivity index (χ1v) is 26.5. The molecule has 0 radical (unpaired) electrons. The lowest BCUT2D eigenvalue weighted by molar-refractivity contribution is -0.167. The number of rotatable bonds is 48. The van der Waals surface area contributed by atoms with E-state index in [0.717, 1.165) is 89.9 Å². The molecule has 1 atom stereocenters. The Morgan fingerprint density at radius 2 is 0.590 bits per heavy atom. The van der Waals surface area contributed by atoms with E-state index in [1.54, 1.807) is 0 Å². The molecule has 0 aliphatic heterocycles. The van der Waals surface area contributed by atoms with Crippen molar-refractivity contribution >= 4 is 17.9 Å². The third kappa shape index (κ3) is 48.5. The first-order chi connectivity index (χ1) is 30.0. The zero-order valence-electron chi connectivity index (χ0n) is 40.7. The maximum Gasteiger partial charge on any atom is 0.306 e. The lowest BCUT2D eigenvalue weighted by atomic mass is 10.0. The van der Waals surface area contributed by atoms with Gasteiger partial charge >= 0.3 is 17.9 Å². The summed E-state index contributed by atoms with van der Waals surface area (Å²) in [5.41, 5.74) is 0. The molecule has 0 aromatic rings. The number of ether oxygens (including phenoxy) is 3. The number of hydrogen-bond acceptors (Lipinski definition) is 6. The van der Waals surface area contributed by atoms with Gasteiger partial charge in [0, 0.05) is 19.3 Å². The molecule has 0 bridgehead atoms. The van der Waals surface area contributed by atoms with Crippen LogP contribution in [-0.4, -0.2) is 37.2 Å². The molecular formula is C55H100O6. The summed E-state index contributed by atoms with van der Waals surface area (Å²) in [6.45, 7) is 6.61. The second-order valence-electron chi connectivity index (χ2n) is 17.8. The minimum Gasteiger partial charge on any atom is -0.462 e. The van der Waals surface area contributed by atoms with Crippen molar-refractivity contribution in [1.82, 2.24) is 0 Å². The molecule has 0 amide bonds. The predicted molar refractivity (Wildman–Crippen MR) is 261 cm³/mol. The van der Waals surface area contributed by atoms with Gasteiger partial charge in [-0.2, -0.15) is 0 Å². The summed E-state index contributed by atoms with van der Waals surface area (Å²) < 4.78 is 16.8. The molecule has 0 fully saturated rings. The molecule has 0 saturated carbocycles. The summed E-state index contributed by atoms with van der Waals surface area (Å²) in [6.07, 6.45) is 58.3. The molecule has 0 aliphatic carbocycles. The second-order valence-corrected chi connectivity index (χ2v) is 17.8. The van der Waals surface area contributed by atoms with Gasteiger partial charge in [-0.15, -0.1) is 0 Å². The number of carbonyl (C=O) groups excluding carboxylic acids is 3. The minimum atomic E-state index is -0.779. The van der Waals surface area contributed by atoms with E-state index in [0.29, 0.717) is 19.3 Å². The molecule has 0 heterocycles. The van der Waals surface area contributed by atoms with Gasteiger partial charge < -0.3 is 14.2 Å². The van der Waals surface area contributed by atoms with E-state index >= 15 is 0 Å². The number of esters is 3. The summed E-state index contributed by atoms with van der Waals surface area (Å²) in [7, 11) is 0. The first-order valence-electron chi connectivity index (χ1n) is 26.5. The quantitative estimate of drug-likeness (QED) is 0.0262. The Bertz CT molecular complexity index is 1030. The molecule has 0 N–H and O–H groups in total. The average molecular weight is 857 g/mol. The molecule has 0 rings (SSSR count). The molecule has 61 heavy (non-hydrogen) atoms. The standard InChI is InChI=1S/C55H100O6/c1-4-7-10-13-16-19-22-25-27-30-33-36-39-42-45-48-54(57)60-51-52(50-59-53(56)47-44-41-38-35-32-29-24-21-18-15-12-9-6-3)61-55(58)49-46-43-40-37-34-31-28-26-23-20-17-14-11-8-5-2/h17,20,25-28,52H,4-16,18-19,21-24,29-51H2,1-3H3/b20-17+,27-25+,28-26+/t52-/m1/s1. The smallest absolute Gasteiger partial charge is 0.306 e. The number of allylic oxidation sites excluding steroid dienone is 6. The number of carbonyl (C=O) groups is 3. The Hall–Kier alpha value is -2.37. The topological polar surface area (TPSA) is 78.9 Å². The van der Waals surface area contributed by atoms with Crippen molar-refractivity contribution in [2.45, 2.75) is 284 Å². The molecule has 6 nitrogen and oxygen atoms in total. The SMILES string of the molecule is CCCCC/C=C/C/C=C/CCCCCCCC(=O)O[C@@H](COC(=O)CCCCCCC/C=C/CCCCCCCC)COC(=O)CCCCCCCCCCCCCCC. The highest BCUT2D eigenvalue weighted by Crippen LogP contribution is 2.15. The zero-order chi connectivity index (χ0) is 44.4. The highest BCUT2D eigenvalue weighted by Gasteiger charge is 2.19. The average Bonchev–Trinajstić information content (AvgIpc) is 3.26. The van der Waals surface area contributed by atoms with Gasteiger partial charge in [-0.3, -0.25) is 14.4 Å². The van der Waals surface area contributed by atoms with Gasteiger partial charge in [0.1, 0.15) is 13.2 Å². The molecule has 6 heteroatoms.